The van der Waals surface area contributed by atoms with Gasteiger partial charge in [0, 0.05) is 0 Å². The average molecular weight is 378 g/mol. The fourth-order valence-corrected chi connectivity index (χ4v) is 2.67. The van der Waals surface area contributed by atoms with Crippen molar-refractivity contribution in [3.63, 3.8) is 0 Å². The van der Waals surface area contributed by atoms with Gasteiger partial charge in [0.15, 0.2) is 5.75 Å². The Morgan fingerprint density at radius 1 is 1.07 bits per heavy atom. The second-order valence-corrected chi connectivity index (χ2v) is 5.84. The first-order valence-corrected chi connectivity index (χ1v) is 7.77. The van der Waals surface area contributed by atoms with Gasteiger partial charge in [-0.3, -0.25) is 19.3 Å². The fourth-order valence-electron chi connectivity index (χ4n) is 2.67. The summed E-state index contributed by atoms with van der Waals surface area (Å²) in [5, 5.41) is 2.23. The third-order valence-electron chi connectivity index (χ3n) is 3.81. The molecule has 1 N–H and O–H groups in total. The second-order valence-electron chi connectivity index (χ2n) is 5.84. The van der Waals surface area contributed by atoms with Crippen LogP contribution in [0.4, 0.5) is 18.9 Å². The summed E-state index contributed by atoms with van der Waals surface area (Å²) in [7, 11) is 0. The van der Waals surface area contributed by atoms with Crippen LogP contribution in [0.1, 0.15) is 26.3 Å². The van der Waals surface area contributed by atoms with Crippen molar-refractivity contribution in [2.24, 2.45) is 0 Å². The number of para-hydroxylation sites is 2. The minimum Gasteiger partial charge on any atom is -0.404 e. The summed E-state index contributed by atoms with van der Waals surface area (Å²) in [4.78, 5) is 37.6. The molecule has 1 heterocycles. The standard InChI is InChI=1S/C18H13F3N2O4/c1-10-6-7-11-12(8-10)17(26)23(16(11)25)9-15(24)22-13-4-2-3-5-14(13)27-18(19,20)21/h2-8H,9H2,1H3,(H,22,24). The van der Waals surface area contributed by atoms with Crippen LogP contribution in [0.2, 0.25) is 0 Å². The van der Waals surface area contributed by atoms with Crippen LogP contribution in [0.15, 0.2) is 42.5 Å². The topological polar surface area (TPSA) is 75.7 Å². The molecule has 27 heavy (non-hydrogen) atoms. The molecule has 0 saturated heterocycles. The molecule has 0 aliphatic carbocycles. The number of imide groups is 1. The molecule has 1 aliphatic rings. The SMILES string of the molecule is Cc1ccc2c(c1)C(=O)N(CC(=O)Nc1ccccc1OC(F)(F)F)C2=O. The van der Waals surface area contributed by atoms with Gasteiger partial charge < -0.3 is 10.1 Å². The lowest BCUT2D eigenvalue weighted by molar-refractivity contribution is -0.274. The molecule has 0 radical (unpaired) electrons. The van der Waals surface area contributed by atoms with E-state index in [-0.39, 0.29) is 16.8 Å². The smallest absolute Gasteiger partial charge is 0.404 e. The quantitative estimate of drug-likeness (QED) is 0.830. The van der Waals surface area contributed by atoms with Crippen LogP contribution < -0.4 is 10.1 Å². The molecule has 1 aliphatic heterocycles. The second kappa shape index (κ2) is 6.75. The number of alkyl halides is 3. The number of nitrogens with zero attached hydrogens (tertiary/aromatic N) is 1. The highest BCUT2D eigenvalue weighted by Crippen LogP contribution is 2.30. The number of halogens is 3. The molecule has 0 atom stereocenters. The molecule has 6 nitrogen and oxygen atoms in total. The summed E-state index contributed by atoms with van der Waals surface area (Å²) in [5.74, 6) is -2.70. The number of anilines is 1. The van der Waals surface area contributed by atoms with Gasteiger partial charge in [0.2, 0.25) is 5.91 Å². The first kappa shape index (κ1) is 18.4. The molecule has 140 valence electrons. The Morgan fingerprint density at radius 3 is 2.44 bits per heavy atom. The molecule has 2 aromatic rings. The summed E-state index contributed by atoms with van der Waals surface area (Å²) in [6.45, 7) is 1.12. The number of amides is 3. The Hall–Kier alpha value is -3.36. The molecule has 0 bridgehead atoms. The first-order chi connectivity index (χ1) is 12.7. The number of carbonyl (C=O) groups excluding carboxylic acids is 3. The lowest BCUT2D eigenvalue weighted by atomic mass is 10.1. The van der Waals surface area contributed by atoms with Crippen molar-refractivity contribution in [3.05, 3.63) is 59.2 Å². The van der Waals surface area contributed by atoms with Crippen molar-refractivity contribution in [2.75, 3.05) is 11.9 Å². The van der Waals surface area contributed by atoms with Gasteiger partial charge in [0.1, 0.15) is 6.54 Å². The number of hydrogen-bond acceptors (Lipinski definition) is 4. The van der Waals surface area contributed by atoms with Crippen molar-refractivity contribution < 1.29 is 32.3 Å². The normalized spacial score (nSPS) is 13.6. The zero-order valence-electron chi connectivity index (χ0n) is 14.0. The number of rotatable bonds is 4. The van der Waals surface area contributed by atoms with E-state index >= 15 is 0 Å². The van der Waals surface area contributed by atoms with Gasteiger partial charge in [-0.1, -0.05) is 23.8 Å². The van der Waals surface area contributed by atoms with E-state index in [2.05, 4.69) is 10.1 Å². The lowest BCUT2D eigenvalue weighted by Gasteiger charge is -2.16. The average Bonchev–Trinajstić information content (AvgIpc) is 2.80. The summed E-state index contributed by atoms with van der Waals surface area (Å²) >= 11 is 0. The van der Waals surface area contributed by atoms with Crippen LogP contribution in [0, 0.1) is 6.92 Å². The van der Waals surface area contributed by atoms with Crippen LogP contribution >= 0.6 is 0 Å². The maximum absolute atomic E-state index is 12.4. The van der Waals surface area contributed by atoms with Gasteiger partial charge in [0.25, 0.3) is 11.8 Å². The molecule has 0 fully saturated rings. The lowest BCUT2D eigenvalue weighted by Crippen LogP contribution is -2.37. The molecule has 3 rings (SSSR count). The number of nitrogens with one attached hydrogen (secondary N) is 1. The Morgan fingerprint density at radius 2 is 1.74 bits per heavy atom. The third-order valence-corrected chi connectivity index (χ3v) is 3.81. The summed E-state index contributed by atoms with van der Waals surface area (Å²) in [6.07, 6.45) is -4.93. The van der Waals surface area contributed by atoms with Crippen molar-refractivity contribution in [1.82, 2.24) is 4.90 Å². The van der Waals surface area contributed by atoms with Crippen molar-refractivity contribution in [3.8, 4) is 5.75 Å². The van der Waals surface area contributed by atoms with E-state index in [9.17, 15) is 27.6 Å². The number of hydrogen-bond donors (Lipinski definition) is 1. The number of aryl methyl sites for hydroxylation is 1. The molecular weight excluding hydrogens is 365 g/mol. The largest absolute Gasteiger partial charge is 0.573 e. The number of ether oxygens (including phenoxy) is 1. The van der Waals surface area contributed by atoms with E-state index in [4.69, 9.17) is 0 Å². The van der Waals surface area contributed by atoms with Gasteiger partial charge in [0.05, 0.1) is 16.8 Å². The maximum atomic E-state index is 12.4. The Balaban J connectivity index is 1.75. The van der Waals surface area contributed by atoms with E-state index in [1.807, 2.05) is 0 Å². The molecule has 3 amide bonds. The summed E-state index contributed by atoms with van der Waals surface area (Å²) in [5.41, 5.74) is 0.916. The number of fused-ring (bicyclic) bond motifs is 1. The van der Waals surface area contributed by atoms with Crippen molar-refractivity contribution in [1.29, 1.82) is 0 Å². The minimum atomic E-state index is -4.93. The zero-order chi connectivity index (χ0) is 19.8. The molecule has 2 aromatic carbocycles. The molecule has 0 aromatic heterocycles. The van der Waals surface area contributed by atoms with E-state index in [1.54, 1.807) is 19.1 Å². The predicted octanol–water partition coefficient (Wildman–Crippen LogP) is 3.13. The number of carbonyl (C=O) groups is 3. The zero-order valence-corrected chi connectivity index (χ0v) is 14.0. The Labute approximate surface area is 151 Å². The molecule has 0 unspecified atom stereocenters. The van der Waals surface area contributed by atoms with Gasteiger partial charge in [-0.15, -0.1) is 13.2 Å². The van der Waals surface area contributed by atoms with Gasteiger partial charge in [-0.05, 0) is 31.2 Å². The molecule has 0 spiro atoms. The summed E-state index contributed by atoms with van der Waals surface area (Å²) in [6, 6.07) is 9.67. The Kier molecular flexibility index (Phi) is 4.61. The first-order valence-electron chi connectivity index (χ1n) is 7.77. The monoisotopic (exact) mass is 378 g/mol. The van der Waals surface area contributed by atoms with Crippen molar-refractivity contribution in [2.45, 2.75) is 13.3 Å². The van der Waals surface area contributed by atoms with E-state index in [0.717, 1.165) is 16.5 Å². The van der Waals surface area contributed by atoms with Crippen molar-refractivity contribution >= 4 is 23.4 Å². The van der Waals surface area contributed by atoms with Crippen LogP contribution in [0.25, 0.3) is 0 Å². The van der Waals surface area contributed by atoms with Gasteiger partial charge in [-0.2, -0.15) is 0 Å². The minimum absolute atomic E-state index is 0.180. The van der Waals surface area contributed by atoms with Crippen LogP contribution in [0.5, 0.6) is 5.75 Å². The van der Waals surface area contributed by atoms with Gasteiger partial charge in [-0.25, -0.2) is 0 Å². The highest BCUT2D eigenvalue weighted by Gasteiger charge is 2.37. The van der Waals surface area contributed by atoms with Crippen LogP contribution in [-0.2, 0) is 4.79 Å². The van der Waals surface area contributed by atoms with E-state index < -0.39 is 36.4 Å². The molecule has 0 saturated carbocycles. The summed E-state index contributed by atoms with van der Waals surface area (Å²) < 4.78 is 41.2. The number of benzene rings is 2. The van der Waals surface area contributed by atoms with Gasteiger partial charge >= 0.3 is 6.36 Å². The molecular formula is C18H13F3N2O4. The highest BCUT2D eigenvalue weighted by molar-refractivity contribution is 6.22. The van der Waals surface area contributed by atoms with E-state index in [0.29, 0.717) is 0 Å². The Bertz CT molecular complexity index is 940. The van der Waals surface area contributed by atoms with Crippen LogP contribution in [0.3, 0.4) is 0 Å². The fraction of sp³-hybridized carbons (Fsp3) is 0.167. The maximum Gasteiger partial charge on any atom is 0.573 e. The third kappa shape index (κ3) is 3.91. The van der Waals surface area contributed by atoms with E-state index in [1.165, 1.54) is 24.3 Å². The predicted molar refractivity (Wildman–Crippen MR) is 88.3 cm³/mol. The molecule has 9 heteroatoms. The van der Waals surface area contributed by atoms with Crippen LogP contribution in [-0.4, -0.2) is 35.5 Å². The highest BCUT2D eigenvalue weighted by atomic mass is 19.4.